The molecule has 6 nitrogen and oxygen atoms in total. The lowest BCUT2D eigenvalue weighted by Crippen LogP contribution is -2.25. The van der Waals surface area contributed by atoms with Gasteiger partial charge in [-0.15, -0.1) is 0 Å². The smallest absolute Gasteiger partial charge is 0.406 e. The summed E-state index contributed by atoms with van der Waals surface area (Å²) in [4.78, 5) is 27.9. The SMILES string of the molecule is O=C(Cn1c(=O)oc2cccnc21)Nc1cc(Cl)cc(Cl)c1. The van der Waals surface area contributed by atoms with Gasteiger partial charge in [0, 0.05) is 21.9 Å². The van der Waals surface area contributed by atoms with E-state index in [-0.39, 0.29) is 6.54 Å². The zero-order valence-corrected chi connectivity index (χ0v) is 12.6. The van der Waals surface area contributed by atoms with E-state index in [0.717, 1.165) is 4.57 Å². The lowest BCUT2D eigenvalue weighted by Gasteiger charge is -2.06. The van der Waals surface area contributed by atoms with Crippen molar-refractivity contribution in [3.05, 3.63) is 57.1 Å². The van der Waals surface area contributed by atoms with Gasteiger partial charge >= 0.3 is 5.76 Å². The predicted molar refractivity (Wildman–Crippen MR) is 83.4 cm³/mol. The first-order valence-corrected chi connectivity index (χ1v) is 6.99. The van der Waals surface area contributed by atoms with E-state index in [4.69, 9.17) is 27.6 Å². The van der Waals surface area contributed by atoms with Crippen LogP contribution in [-0.4, -0.2) is 15.5 Å². The van der Waals surface area contributed by atoms with Gasteiger partial charge in [-0.1, -0.05) is 23.2 Å². The number of anilines is 1. The zero-order chi connectivity index (χ0) is 15.7. The maximum Gasteiger partial charge on any atom is 0.421 e. The molecule has 1 aromatic carbocycles. The molecule has 1 amide bonds. The molecule has 8 heteroatoms. The van der Waals surface area contributed by atoms with Crippen molar-refractivity contribution in [3.8, 4) is 0 Å². The molecule has 2 aromatic heterocycles. The highest BCUT2D eigenvalue weighted by molar-refractivity contribution is 6.35. The number of rotatable bonds is 3. The second kappa shape index (κ2) is 5.82. The second-order valence-corrected chi connectivity index (χ2v) is 5.36. The van der Waals surface area contributed by atoms with Crippen LogP contribution in [0.5, 0.6) is 0 Å². The summed E-state index contributed by atoms with van der Waals surface area (Å²) in [5.74, 6) is -1.07. The van der Waals surface area contributed by atoms with E-state index in [9.17, 15) is 9.59 Å². The van der Waals surface area contributed by atoms with E-state index in [1.807, 2.05) is 0 Å². The molecular weight excluding hydrogens is 329 g/mol. The van der Waals surface area contributed by atoms with Crippen LogP contribution < -0.4 is 11.1 Å². The summed E-state index contributed by atoms with van der Waals surface area (Å²) in [6, 6.07) is 7.91. The highest BCUT2D eigenvalue weighted by Crippen LogP contribution is 2.22. The van der Waals surface area contributed by atoms with Crippen molar-refractivity contribution in [1.82, 2.24) is 9.55 Å². The third-order valence-electron chi connectivity index (χ3n) is 2.87. The molecule has 3 aromatic rings. The number of carbonyl (C=O) groups excluding carboxylic acids is 1. The number of aromatic nitrogens is 2. The van der Waals surface area contributed by atoms with E-state index in [0.29, 0.717) is 27.0 Å². The van der Waals surface area contributed by atoms with Crippen molar-refractivity contribution in [2.24, 2.45) is 0 Å². The maximum absolute atomic E-state index is 12.1. The molecule has 0 aliphatic heterocycles. The first-order valence-electron chi connectivity index (χ1n) is 6.23. The van der Waals surface area contributed by atoms with Crippen molar-refractivity contribution >= 4 is 46.0 Å². The van der Waals surface area contributed by atoms with E-state index in [1.54, 1.807) is 30.3 Å². The van der Waals surface area contributed by atoms with Crippen molar-refractivity contribution in [3.63, 3.8) is 0 Å². The highest BCUT2D eigenvalue weighted by atomic mass is 35.5. The standard InChI is InChI=1S/C14H9Cl2N3O3/c15-8-4-9(16)6-10(5-8)18-12(20)7-19-13-11(22-14(19)21)2-1-3-17-13/h1-6H,7H2,(H,18,20). The number of hydrogen-bond donors (Lipinski definition) is 1. The molecule has 1 N–H and O–H groups in total. The van der Waals surface area contributed by atoms with Crippen LogP contribution in [-0.2, 0) is 11.3 Å². The number of nitrogens with zero attached hydrogens (tertiary/aromatic N) is 2. The molecule has 0 aliphatic carbocycles. The fourth-order valence-corrected chi connectivity index (χ4v) is 2.54. The van der Waals surface area contributed by atoms with Gasteiger partial charge in [-0.3, -0.25) is 4.79 Å². The summed E-state index contributed by atoms with van der Waals surface area (Å²) < 4.78 is 6.16. The van der Waals surface area contributed by atoms with Gasteiger partial charge in [0.15, 0.2) is 11.2 Å². The Balaban J connectivity index is 1.84. The Hall–Kier alpha value is -2.31. The van der Waals surface area contributed by atoms with Crippen molar-refractivity contribution in [2.75, 3.05) is 5.32 Å². The van der Waals surface area contributed by atoms with Crippen LogP contribution in [0.25, 0.3) is 11.2 Å². The fraction of sp³-hybridized carbons (Fsp3) is 0.0714. The number of hydrogen-bond acceptors (Lipinski definition) is 4. The molecule has 0 radical (unpaired) electrons. The molecule has 0 saturated heterocycles. The molecule has 112 valence electrons. The highest BCUT2D eigenvalue weighted by Gasteiger charge is 2.13. The minimum Gasteiger partial charge on any atom is -0.406 e. The van der Waals surface area contributed by atoms with Crippen molar-refractivity contribution in [2.45, 2.75) is 6.54 Å². The average Bonchev–Trinajstić information content (AvgIpc) is 2.74. The summed E-state index contributed by atoms with van der Waals surface area (Å²) in [5, 5.41) is 3.41. The molecular formula is C14H9Cl2N3O3. The largest absolute Gasteiger partial charge is 0.421 e. The molecule has 2 heterocycles. The van der Waals surface area contributed by atoms with Gasteiger partial charge in [0.25, 0.3) is 0 Å². The molecule has 0 fully saturated rings. The summed E-state index contributed by atoms with van der Waals surface area (Å²) >= 11 is 11.7. The quantitative estimate of drug-likeness (QED) is 0.797. The van der Waals surface area contributed by atoms with Crippen LogP contribution >= 0.6 is 23.2 Å². The Kier molecular flexibility index (Phi) is 3.87. The molecule has 0 saturated carbocycles. The number of carbonyl (C=O) groups is 1. The first-order chi connectivity index (χ1) is 10.5. The maximum atomic E-state index is 12.1. The van der Waals surface area contributed by atoms with Gasteiger partial charge in [0.05, 0.1) is 0 Å². The van der Waals surface area contributed by atoms with Gasteiger partial charge in [0.2, 0.25) is 5.91 Å². The molecule has 0 aliphatic rings. The molecule has 0 atom stereocenters. The Morgan fingerprint density at radius 2 is 2.00 bits per heavy atom. The van der Waals surface area contributed by atoms with Gasteiger partial charge in [-0.25, -0.2) is 14.3 Å². The number of pyridine rings is 1. The van der Waals surface area contributed by atoms with Gasteiger partial charge in [-0.05, 0) is 30.3 Å². The fourth-order valence-electron chi connectivity index (χ4n) is 2.01. The van der Waals surface area contributed by atoms with E-state index >= 15 is 0 Å². The zero-order valence-electron chi connectivity index (χ0n) is 11.0. The van der Waals surface area contributed by atoms with Crippen LogP contribution in [0, 0.1) is 0 Å². The topological polar surface area (TPSA) is 77.1 Å². The van der Waals surface area contributed by atoms with Crippen LogP contribution in [0.15, 0.2) is 45.7 Å². The number of oxazole rings is 1. The summed E-state index contributed by atoms with van der Waals surface area (Å²) in [6.07, 6.45) is 1.52. The molecule has 0 unspecified atom stereocenters. The molecule has 0 bridgehead atoms. The summed E-state index contributed by atoms with van der Waals surface area (Å²) in [6.45, 7) is -0.229. The van der Waals surface area contributed by atoms with E-state index < -0.39 is 11.7 Å². The minimum absolute atomic E-state index is 0.229. The molecule has 0 spiro atoms. The Labute approximate surface area is 134 Å². The number of amides is 1. The summed E-state index contributed by atoms with van der Waals surface area (Å²) in [7, 11) is 0. The number of benzene rings is 1. The molecule has 3 rings (SSSR count). The third-order valence-corrected chi connectivity index (χ3v) is 3.31. The molecule has 22 heavy (non-hydrogen) atoms. The van der Waals surface area contributed by atoms with Gasteiger partial charge in [0.1, 0.15) is 6.54 Å². The number of halogens is 2. The van der Waals surface area contributed by atoms with Gasteiger partial charge in [-0.2, -0.15) is 0 Å². The van der Waals surface area contributed by atoms with Crippen molar-refractivity contribution < 1.29 is 9.21 Å². The summed E-state index contributed by atoms with van der Waals surface area (Å²) in [5.41, 5.74) is 1.08. The number of nitrogens with one attached hydrogen (secondary N) is 1. The van der Waals surface area contributed by atoms with Crippen molar-refractivity contribution in [1.29, 1.82) is 0 Å². The lowest BCUT2D eigenvalue weighted by atomic mass is 10.3. The third kappa shape index (κ3) is 2.98. The minimum atomic E-state index is -0.645. The normalized spacial score (nSPS) is 10.8. The second-order valence-electron chi connectivity index (χ2n) is 4.49. The monoisotopic (exact) mass is 337 g/mol. The van der Waals surface area contributed by atoms with Crippen LogP contribution in [0.3, 0.4) is 0 Å². The first kappa shape index (κ1) is 14.6. The van der Waals surface area contributed by atoms with Crippen LogP contribution in [0.1, 0.15) is 0 Å². The van der Waals surface area contributed by atoms with E-state index in [1.165, 1.54) is 6.20 Å². The van der Waals surface area contributed by atoms with E-state index in [2.05, 4.69) is 10.3 Å². The number of fused-ring (bicyclic) bond motifs is 1. The average molecular weight is 338 g/mol. The Morgan fingerprint density at radius 3 is 2.73 bits per heavy atom. The van der Waals surface area contributed by atoms with Crippen LogP contribution in [0.4, 0.5) is 5.69 Å². The van der Waals surface area contributed by atoms with Gasteiger partial charge < -0.3 is 9.73 Å². The van der Waals surface area contributed by atoms with Crippen LogP contribution in [0.2, 0.25) is 10.0 Å². The Morgan fingerprint density at radius 1 is 1.27 bits per heavy atom. The lowest BCUT2D eigenvalue weighted by molar-refractivity contribution is -0.116. The predicted octanol–water partition coefficient (Wildman–Crippen LogP) is 2.94. The Bertz CT molecular complexity index is 897.